The fraction of sp³-hybridized carbons (Fsp3) is 0.0870. The Bertz CT molecular complexity index is 1130. The average molecular weight is 437 g/mol. The summed E-state index contributed by atoms with van der Waals surface area (Å²) in [4.78, 5) is 25.9. The van der Waals surface area contributed by atoms with Gasteiger partial charge in [-0.3, -0.25) is 4.79 Å². The molecule has 2 aromatic carbocycles. The topological polar surface area (TPSA) is 79.2 Å². The summed E-state index contributed by atoms with van der Waals surface area (Å²) in [5.41, 5.74) is 1.72. The number of esters is 1. The van der Waals surface area contributed by atoms with Crippen LogP contribution in [0.15, 0.2) is 66.2 Å². The van der Waals surface area contributed by atoms with Gasteiger partial charge in [0.2, 0.25) is 0 Å². The number of benzene rings is 2. The molecule has 0 bridgehead atoms. The van der Waals surface area contributed by atoms with Crippen LogP contribution >= 0.6 is 22.9 Å². The molecule has 30 heavy (non-hydrogen) atoms. The Kier molecular flexibility index (Phi) is 7.02. The van der Waals surface area contributed by atoms with Gasteiger partial charge in [-0.1, -0.05) is 54.1 Å². The molecule has 3 aromatic rings. The highest BCUT2D eigenvalue weighted by Gasteiger charge is 2.21. The molecule has 150 valence electrons. The van der Waals surface area contributed by atoms with Gasteiger partial charge in [0.15, 0.2) is 0 Å². The Morgan fingerprint density at radius 3 is 2.50 bits per heavy atom. The molecule has 1 heterocycles. The van der Waals surface area contributed by atoms with Gasteiger partial charge in [0, 0.05) is 9.90 Å². The van der Waals surface area contributed by atoms with E-state index in [0.717, 1.165) is 10.4 Å². The Labute approximate surface area is 183 Å². The number of rotatable bonds is 6. The van der Waals surface area contributed by atoms with Crippen molar-refractivity contribution in [1.29, 1.82) is 5.26 Å². The molecule has 5 nitrogen and oxygen atoms in total. The number of amides is 1. The van der Waals surface area contributed by atoms with Gasteiger partial charge >= 0.3 is 5.97 Å². The number of nitrogens with one attached hydrogen (secondary N) is 1. The van der Waals surface area contributed by atoms with Gasteiger partial charge in [0.1, 0.15) is 16.6 Å². The smallest absolute Gasteiger partial charge is 0.341 e. The van der Waals surface area contributed by atoms with Gasteiger partial charge in [-0.25, -0.2) is 4.79 Å². The lowest BCUT2D eigenvalue weighted by Crippen LogP contribution is -2.15. The normalized spacial score (nSPS) is 10.9. The van der Waals surface area contributed by atoms with E-state index in [1.54, 1.807) is 37.3 Å². The van der Waals surface area contributed by atoms with Crippen LogP contribution in [0.2, 0.25) is 5.02 Å². The molecule has 0 fully saturated rings. The minimum atomic E-state index is -0.612. The molecule has 0 aliphatic rings. The van der Waals surface area contributed by atoms with Crippen molar-refractivity contribution in [2.24, 2.45) is 0 Å². The number of ether oxygens (including phenoxy) is 1. The van der Waals surface area contributed by atoms with Crippen molar-refractivity contribution in [3.8, 4) is 16.5 Å². The first-order chi connectivity index (χ1) is 14.5. The first kappa shape index (κ1) is 21.3. The van der Waals surface area contributed by atoms with E-state index in [1.807, 2.05) is 36.4 Å². The average Bonchev–Trinajstić information content (AvgIpc) is 3.18. The van der Waals surface area contributed by atoms with Crippen LogP contribution in [0.3, 0.4) is 0 Å². The van der Waals surface area contributed by atoms with Crippen molar-refractivity contribution < 1.29 is 14.3 Å². The quantitative estimate of drug-likeness (QED) is 0.301. The predicted octanol–water partition coefficient (Wildman–Crippen LogP) is 5.79. The highest BCUT2D eigenvalue weighted by atomic mass is 35.5. The number of nitrogens with zero attached hydrogens (tertiary/aromatic N) is 1. The van der Waals surface area contributed by atoms with E-state index in [1.165, 1.54) is 17.4 Å². The lowest BCUT2D eigenvalue weighted by Gasteiger charge is -2.05. The molecule has 1 N–H and O–H groups in total. The molecular weight excluding hydrogens is 420 g/mol. The zero-order chi connectivity index (χ0) is 21.5. The van der Waals surface area contributed by atoms with Gasteiger partial charge in [-0.05, 0) is 42.3 Å². The van der Waals surface area contributed by atoms with Gasteiger partial charge in [-0.2, -0.15) is 5.26 Å². The largest absolute Gasteiger partial charge is 0.462 e. The van der Waals surface area contributed by atoms with Crippen molar-refractivity contribution in [3.05, 3.63) is 82.4 Å². The summed E-state index contributed by atoms with van der Waals surface area (Å²) in [5.74, 6) is -1.15. The molecule has 0 spiro atoms. The van der Waals surface area contributed by atoms with Crippen LogP contribution in [0.25, 0.3) is 16.5 Å². The van der Waals surface area contributed by atoms with Crippen molar-refractivity contribution in [1.82, 2.24) is 0 Å². The van der Waals surface area contributed by atoms with Crippen molar-refractivity contribution in [2.45, 2.75) is 6.92 Å². The molecular formula is C23H17ClN2O3S. The molecule has 0 aliphatic carbocycles. The summed E-state index contributed by atoms with van der Waals surface area (Å²) in [6.07, 6.45) is 1.46. The molecule has 0 unspecified atom stereocenters. The highest BCUT2D eigenvalue weighted by Crippen LogP contribution is 2.36. The third-order valence-electron chi connectivity index (χ3n) is 4.06. The summed E-state index contributed by atoms with van der Waals surface area (Å²) in [6.45, 7) is 1.92. The first-order valence-corrected chi connectivity index (χ1v) is 10.3. The molecule has 1 aromatic heterocycles. The number of thiophene rings is 1. The molecule has 0 aliphatic heterocycles. The second-order valence-corrected chi connectivity index (χ2v) is 7.60. The van der Waals surface area contributed by atoms with Crippen LogP contribution in [0, 0.1) is 11.3 Å². The Morgan fingerprint density at radius 2 is 1.87 bits per heavy atom. The van der Waals surface area contributed by atoms with Gasteiger partial charge in [0.25, 0.3) is 5.91 Å². The van der Waals surface area contributed by atoms with E-state index >= 15 is 0 Å². The second kappa shape index (κ2) is 9.88. The zero-order valence-electron chi connectivity index (χ0n) is 16.0. The maximum atomic E-state index is 12.7. The van der Waals surface area contributed by atoms with E-state index in [9.17, 15) is 14.9 Å². The van der Waals surface area contributed by atoms with Crippen LogP contribution < -0.4 is 5.32 Å². The van der Waals surface area contributed by atoms with Crippen molar-refractivity contribution >= 4 is 45.9 Å². The fourth-order valence-corrected chi connectivity index (χ4v) is 3.81. The Balaban J connectivity index is 1.92. The summed E-state index contributed by atoms with van der Waals surface area (Å²) in [5, 5.41) is 13.0. The lowest BCUT2D eigenvalue weighted by atomic mass is 10.1. The Hall–Kier alpha value is -3.40. The SMILES string of the molecule is CCOC(=O)c1cc(-c2ccccc2)sc1NC(=O)/C(C#N)=C/c1ccc(Cl)cc1. The maximum Gasteiger partial charge on any atom is 0.341 e. The van der Waals surface area contributed by atoms with Crippen molar-refractivity contribution in [2.75, 3.05) is 11.9 Å². The third kappa shape index (κ3) is 5.15. The van der Waals surface area contributed by atoms with E-state index in [2.05, 4.69) is 5.32 Å². The maximum absolute atomic E-state index is 12.7. The van der Waals surface area contributed by atoms with E-state index in [0.29, 0.717) is 15.6 Å². The van der Waals surface area contributed by atoms with Crippen LogP contribution in [0.4, 0.5) is 5.00 Å². The number of hydrogen-bond donors (Lipinski definition) is 1. The predicted molar refractivity (Wildman–Crippen MR) is 119 cm³/mol. The van der Waals surface area contributed by atoms with Crippen LogP contribution in [-0.4, -0.2) is 18.5 Å². The monoisotopic (exact) mass is 436 g/mol. The number of carbonyl (C=O) groups is 2. The third-order valence-corrected chi connectivity index (χ3v) is 5.41. The van der Waals surface area contributed by atoms with Crippen molar-refractivity contribution in [3.63, 3.8) is 0 Å². The number of anilines is 1. The molecule has 3 rings (SSSR count). The Morgan fingerprint density at radius 1 is 1.17 bits per heavy atom. The standard InChI is InChI=1S/C23H17ClN2O3S/c1-2-29-23(28)19-13-20(16-6-4-3-5-7-16)30-22(19)26-21(27)17(14-25)12-15-8-10-18(24)11-9-15/h3-13H,2H2,1H3,(H,26,27)/b17-12+. The summed E-state index contributed by atoms with van der Waals surface area (Å²) >= 11 is 7.11. The fourth-order valence-electron chi connectivity index (χ4n) is 2.63. The van der Waals surface area contributed by atoms with Crippen LogP contribution in [-0.2, 0) is 9.53 Å². The van der Waals surface area contributed by atoms with E-state index < -0.39 is 11.9 Å². The second-order valence-electron chi connectivity index (χ2n) is 6.12. The van der Waals surface area contributed by atoms with E-state index in [-0.39, 0.29) is 17.7 Å². The van der Waals surface area contributed by atoms with E-state index in [4.69, 9.17) is 16.3 Å². The minimum absolute atomic E-state index is 0.0956. The van der Waals surface area contributed by atoms with Crippen LogP contribution in [0.1, 0.15) is 22.8 Å². The minimum Gasteiger partial charge on any atom is -0.462 e. The van der Waals surface area contributed by atoms with Gasteiger partial charge < -0.3 is 10.1 Å². The number of hydrogen-bond acceptors (Lipinski definition) is 5. The lowest BCUT2D eigenvalue weighted by molar-refractivity contribution is -0.112. The first-order valence-electron chi connectivity index (χ1n) is 9.07. The molecule has 7 heteroatoms. The highest BCUT2D eigenvalue weighted by molar-refractivity contribution is 7.20. The van der Waals surface area contributed by atoms with Gasteiger partial charge in [-0.15, -0.1) is 11.3 Å². The summed E-state index contributed by atoms with van der Waals surface area (Å²) in [7, 11) is 0. The summed E-state index contributed by atoms with van der Waals surface area (Å²) < 4.78 is 5.12. The zero-order valence-corrected chi connectivity index (χ0v) is 17.6. The number of nitriles is 1. The molecule has 0 radical (unpaired) electrons. The molecule has 0 atom stereocenters. The molecule has 0 saturated heterocycles. The molecule has 1 amide bonds. The number of carbonyl (C=O) groups excluding carboxylic acids is 2. The van der Waals surface area contributed by atoms with Gasteiger partial charge in [0.05, 0.1) is 12.2 Å². The molecule has 0 saturated carbocycles. The number of halogens is 1. The summed E-state index contributed by atoms with van der Waals surface area (Å²) in [6, 6.07) is 19.8. The van der Waals surface area contributed by atoms with Crippen LogP contribution in [0.5, 0.6) is 0 Å².